The van der Waals surface area contributed by atoms with Gasteiger partial charge in [-0.05, 0) is 47.6 Å². The Hall–Kier alpha value is -0.0400. The summed E-state index contributed by atoms with van der Waals surface area (Å²) in [5.41, 5.74) is 1.09. The average Bonchev–Trinajstić information content (AvgIpc) is 2.87. The highest BCUT2D eigenvalue weighted by Gasteiger charge is 2.22. The summed E-state index contributed by atoms with van der Waals surface area (Å²) in [6, 6.07) is 0. The maximum absolute atomic E-state index is 11.9. The Labute approximate surface area is 126 Å². The van der Waals surface area contributed by atoms with Crippen LogP contribution in [0.1, 0.15) is 56.5 Å². The summed E-state index contributed by atoms with van der Waals surface area (Å²) < 4.78 is 0.795. The average molecular weight is 378 g/mol. The number of nitrogens with zero attached hydrogens (tertiary/aromatic N) is 1. The molecule has 0 bridgehead atoms. The monoisotopic (exact) mass is 378 g/mol. The Morgan fingerprint density at radius 2 is 2.17 bits per heavy atom. The molecule has 1 aromatic rings. The van der Waals surface area contributed by atoms with Crippen LogP contribution >= 0.6 is 34.4 Å². The summed E-state index contributed by atoms with van der Waals surface area (Å²) in [6.45, 7) is 2.17. The van der Waals surface area contributed by atoms with E-state index in [0.717, 1.165) is 33.0 Å². The van der Waals surface area contributed by atoms with E-state index in [4.69, 9.17) is 4.98 Å². The number of H-pyrrole nitrogens is 1. The SMILES string of the molecule is CCCSCc1nc(C2CCCC2)c(I)c(=O)[nH]1. The fraction of sp³-hybridized carbons (Fsp3) is 0.692. The van der Waals surface area contributed by atoms with E-state index in [2.05, 4.69) is 34.5 Å². The van der Waals surface area contributed by atoms with Gasteiger partial charge in [-0.3, -0.25) is 4.79 Å². The Bertz CT molecular complexity index is 455. The molecule has 0 amide bonds. The molecular weight excluding hydrogens is 359 g/mol. The Morgan fingerprint density at radius 1 is 1.44 bits per heavy atom. The first kappa shape index (κ1) is 14.4. The van der Waals surface area contributed by atoms with Gasteiger partial charge in [-0.25, -0.2) is 4.98 Å². The van der Waals surface area contributed by atoms with E-state index >= 15 is 0 Å². The lowest BCUT2D eigenvalue weighted by molar-refractivity contribution is 0.679. The predicted molar refractivity (Wildman–Crippen MR) is 85.2 cm³/mol. The lowest BCUT2D eigenvalue weighted by Gasteiger charge is -2.11. The van der Waals surface area contributed by atoms with Crippen molar-refractivity contribution in [2.24, 2.45) is 0 Å². The van der Waals surface area contributed by atoms with Crippen molar-refractivity contribution in [1.82, 2.24) is 9.97 Å². The van der Waals surface area contributed by atoms with Crippen molar-refractivity contribution < 1.29 is 0 Å². The summed E-state index contributed by atoms with van der Waals surface area (Å²) in [7, 11) is 0. The molecule has 1 heterocycles. The molecular formula is C13H19IN2OS. The largest absolute Gasteiger partial charge is 0.309 e. The molecule has 1 aliphatic rings. The highest BCUT2D eigenvalue weighted by Crippen LogP contribution is 2.34. The summed E-state index contributed by atoms with van der Waals surface area (Å²) in [4.78, 5) is 19.5. The Kier molecular flexibility index (Phi) is 5.54. The van der Waals surface area contributed by atoms with Crippen LogP contribution in [0.25, 0.3) is 0 Å². The van der Waals surface area contributed by atoms with Gasteiger partial charge in [-0.1, -0.05) is 19.8 Å². The molecule has 18 heavy (non-hydrogen) atoms. The zero-order valence-corrected chi connectivity index (χ0v) is 13.6. The minimum absolute atomic E-state index is 0.0413. The van der Waals surface area contributed by atoms with E-state index in [1.165, 1.54) is 25.7 Å². The van der Waals surface area contributed by atoms with Crippen LogP contribution in [-0.4, -0.2) is 15.7 Å². The van der Waals surface area contributed by atoms with Crippen LogP contribution in [0, 0.1) is 3.57 Å². The topological polar surface area (TPSA) is 45.8 Å². The number of aromatic nitrogens is 2. The third-order valence-corrected chi connectivity index (χ3v) is 5.48. The molecule has 2 rings (SSSR count). The number of nitrogens with one attached hydrogen (secondary N) is 1. The molecule has 100 valence electrons. The zero-order chi connectivity index (χ0) is 13.0. The highest BCUT2D eigenvalue weighted by atomic mass is 127. The van der Waals surface area contributed by atoms with Gasteiger partial charge in [0.1, 0.15) is 5.82 Å². The van der Waals surface area contributed by atoms with Crippen molar-refractivity contribution in [3.05, 3.63) is 25.4 Å². The van der Waals surface area contributed by atoms with Gasteiger partial charge >= 0.3 is 0 Å². The summed E-state index contributed by atoms with van der Waals surface area (Å²) in [5.74, 6) is 3.30. The second-order valence-corrected chi connectivity index (χ2v) is 6.93. The molecule has 1 aliphatic carbocycles. The Balaban J connectivity index is 2.19. The summed E-state index contributed by atoms with van der Waals surface area (Å²) >= 11 is 3.98. The van der Waals surface area contributed by atoms with Crippen molar-refractivity contribution in [3.63, 3.8) is 0 Å². The number of aromatic amines is 1. The van der Waals surface area contributed by atoms with Gasteiger partial charge in [-0.2, -0.15) is 11.8 Å². The maximum Gasteiger partial charge on any atom is 0.264 e. The van der Waals surface area contributed by atoms with Crippen molar-refractivity contribution in [2.45, 2.75) is 50.7 Å². The molecule has 0 unspecified atom stereocenters. The van der Waals surface area contributed by atoms with Crippen LogP contribution in [0.15, 0.2) is 4.79 Å². The molecule has 5 heteroatoms. The smallest absolute Gasteiger partial charge is 0.264 e. The lowest BCUT2D eigenvalue weighted by Crippen LogP contribution is -2.19. The zero-order valence-electron chi connectivity index (χ0n) is 10.7. The van der Waals surface area contributed by atoms with Gasteiger partial charge in [-0.15, -0.1) is 0 Å². The predicted octanol–water partition coefficient (Wildman–Crippen LogP) is 3.68. The number of rotatable bonds is 5. The van der Waals surface area contributed by atoms with Crippen LogP contribution in [0.4, 0.5) is 0 Å². The molecule has 0 aliphatic heterocycles. The second kappa shape index (κ2) is 6.93. The van der Waals surface area contributed by atoms with E-state index < -0.39 is 0 Å². The molecule has 0 spiro atoms. The molecule has 1 N–H and O–H groups in total. The molecule has 1 fully saturated rings. The lowest BCUT2D eigenvalue weighted by atomic mass is 10.0. The number of halogens is 1. The van der Waals surface area contributed by atoms with E-state index in [-0.39, 0.29) is 5.56 Å². The first-order chi connectivity index (χ1) is 8.72. The molecule has 0 radical (unpaired) electrons. The maximum atomic E-state index is 11.9. The highest BCUT2D eigenvalue weighted by molar-refractivity contribution is 14.1. The van der Waals surface area contributed by atoms with Crippen molar-refractivity contribution >= 4 is 34.4 Å². The standard InChI is InChI=1S/C13H19IN2OS/c1-2-7-18-8-10-15-12(9-5-3-4-6-9)11(14)13(17)16-10/h9H,2-8H2,1H3,(H,15,16,17). The van der Waals surface area contributed by atoms with Crippen LogP contribution in [-0.2, 0) is 5.75 Å². The first-order valence-electron chi connectivity index (χ1n) is 6.58. The van der Waals surface area contributed by atoms with Crippen LogP contribution in [0.5, 0.6) is 0 Å². The minimum Gasteiger partial charge on any atom is -0.309 e. The van der Waals surface area contributed by atoms with Gasteiger partial charge in [0.05, 0.1) is 15.0 Å². The molecule has 1 aromatic heterocycles. The van der Waals surface area contributed by atoms with Crippen molar-refractivity contribution in [1.29, 1.82) is 0 Å². The third-order valence-electron chi connectivity index (χ3n) is 3.27. The van der Waals surface area contributed by atoms with Gasteiger partial charge in [0.15, 0.2) is 0 Å². The number of hydrogen-bond donors (Lipinski definition) is 1. The number of thioether (sulfide) groups is 1. The fourth-order valence-electron chi connectivity index (χ4n) is 2.38. The van der Waals surface area contributed by atoms with E-state index in [1.54, 1.807) is 0 Å². The van der Waals surface area contributed by atoms with E-state index in [9.17, 15) is 4.79 Å². The summed E-state index contributed by atoms with van der Waals surface area (Å²) in [5, 5.41) is 0. The second-order valence-electron chi connectivity index (χ2n) is 4.75. The quantitative estimate of drug-likeness (QED) is 0.628. The minimum atomic E-state index is 0.0413. The summed E-state index contributed by atoms with van der Waals surface area (Å²) in [6.07, 6.45) is 6.08. The fourth-order valence-corrected chi connectivity index (χ4v) is 3.83. The van der Waals surface area contributed by atoms with Crippen molar-refractivity contribution in [2.75, 3.05) is 5.75 Å². The normalized spacial score (nSPS) is 16.3. The molecule has 3 nitrogen and oxygen atoms in total. The van der Waals surface area contributed by atoms with Gasteiger partial charge in [0.25, 0.3) is 5.56 Å². The molecule has 0 aromatic carbocycles. The Morgan fingerprint density at radius 3 is 2.83 bits per heavy atom. The number of hydrogen-bond acceptors (Lipinski definition) is 3. The van der Waals surface area contributed by atoms with Crippen molar-refractivity contribution in [3.8, 4) is 0 Å². The first-order valence-corrected chi connectivity index (χ1v) is 8.82. The molecule has 1 saturated carbocycles. The van der Waals surface area contributed by atoms with Gasteiger partial charge in [0.2, 0.25) is 0 Å². The van der Waals surface area contributed by atoms with Gasteiger partial charge in [0, 0.05) is 5.92 Å². The van der Waals surface area contributed by atoms with E-state index in [1.807, 2.05) is 11.8 Å². The third kappa shape index (κ3) is 3.50. The molecule has 0 saturated heterocycles. The van der Waals surface area contributed by atoms with Crippen LogP contribution in [0.3, 0.4) is 0 Å². The van der Waals surface area contributed by atoms with E-state index in [0.29, 0.717) is 5.92 Å². The molecule has 0 atom stereocenters. The van der Waals surface area contributed by atoms with Gasteiger partial charge < -0.3 is 4.98 Å². The van der Waals surface area contributed by atoms with Crippen LogP contribution in [0.2, 0.25) is 0 Å². The van der Waals surface area contributed by atoms with Crippen LogP contribution < -0.4 is 5.56 Å².